The molecule has 4 heteroatoms. The molecular formula is C26H33NO3. The van der Waals surface area contributed by atoms with Crippen molar-refractivity contribution in [2.45, 2.75) is 64.0 Å². The summed E-state index contributed by atoms with van der Waals surface area (Å²) in [5.41, 5.74) is 1.30. The summed E-state index contributed by atoms with van der Waals surface area (Å²) in [4.78, 5) is 13.5. The minimum atomic E-state index is -0.644. The predicted octanol–water partition coefficient (Wildman–Crippen LogP) is 5.48. The molecule has 2 aromatic carbocycles. The molecule has 160 valence electrons. The first kappa shape index (κ1) is 19.9. The number of benzene rings is 2. The van der Waals surface area contributed by atoms with E-state index in [-0.39, 0.29) is 5.92 Å². The molecule has 3 atom stereocenters. The first-order valence-corrected chi connectivity index (χ1v) is 11.8. The average molecular weight is 408 g/mol. The Morgan fingerprint density at radius 3 is 2.53 bits per heavy atom. The van der Waals surface area contributed by atoms with E-state index in [1.165, 1.54) is 54.9 Å². The number of rotatable bonds is 5. The average Bonchev–Trinajstić information content (AvgIpc) is 3.22. The van der Waals surface area contributed by atoms with E-state index in [0.29, 0.717) is 6.10 Å². The van der Waals surface area contributed by atoms with Gasteiger partial charge in [0.15, 0.2) is 0 Å². The number of carboxylic acid groups (broad SMARTS) is 1. The third kappa shape index (κ3) is 4.34. The van der Waals surface area contributed by atoms with Gasteiger partial charge in [0.1, 0.15) is 5.75 Å². The Balaban J connectivity index is 1.20. The van der Waals surface area contributed by atoms with Gasteiger partial charge in [0.25, 0.3) is 0 Å². The highest BCUT2D eigenvalue weighted by atomic mass is 16.5. The van der Waals surface area contributed by atoms with Gasteiger partial charge in [-0.25, -0.2) is 0 Å². The first-order chi connectivity index (χ1) is 14.6. The van der Waals surface area contributed by atoms with E-state index >= 15 is 0 Å². The molecule has 0 amide bonds. The molecule has 0 bridgehead atoms. The summed E-state index contributed by atoms with van der Waals surface area (Å²) >= 11 is 0. The number of carboxylic acids is 1. The number of nitrogens with zero attached hydrogens (tertiary/aromatic N) is 1. The number of hydrogen-bond acceptors (Lipinski definition) is 3. The molecule has 1 aliphatic heterocycles. The fourth-order valence-electron chi connectivity index (χ4n) is 6.00. The molecule has 3 fully saturated rings. The first-order valence-electron chi connectivity index (χ1n) is 11.8. The van der Waals surface area contributed by atoms with E-state index in [1.54, 1.807) is 0 Å². The van der Waals surface area contributed by atoms with Gasteiger partial charge in [-0.1, -0.05) is 37.5 Å². The minimum absolute atomic E-state index is 0.167. The Morgan fingerprint density at radius 2 is 1.70 bits per heavy atom. The van der Waals surface area contributed by atoms with Crippen LogP contribution in [0.2, 0.25) is 0 Å². The van der Waals surface area contributed by atoms with Gasteiger partial charge in [0.2, 0.25) is 0 Å². The highest BCUT2D eigenvalue weighted by molar-refractivity contribution is 5.84. The maximum atomic E-state index is 11.1. The summed E-state index contributed by atoms with van der Waals surface area (Å²) in [5.74, 6) is 2.06. The van der Waals surface area contributed by atoms with Gasteiger partial charge >= 0.3 is 5.97 Å². The molecule has 2 aromatic rings. The molecule has 1 N–H and O–H groups in total. The van der Waals surface area contributed by atoms with Crippen molar-refractivity contribution >= 4 is 16.7 Å². The third-order valence-corrected chi connectivity index (χ3v) is 7.76. The highest BCUT2D eigenvalue weighted by Crippen LogP contribution is 2.43. The monoisotopic (exact) mass is 407 g/mol. The molecular weight excluding hydrogens is 374 g/mol. The summed E-state index contributed by atoms with van der Waals surface area (Å²) < 4.78 is 6.40. The molecule has 3 aliphatic rings. The van der Waals surface area contributed by atoms with Gasteiger partial charge in [-0.2, -0.15) is 0 Å². The standard InChI is InChI=1S/C26H33NO3/c28-26(29)20-10-12-27(13-11-20)17-18-4-5-23-16-25(9-7-22(23)14-18)30-24-8-6-19-2-1-3-21(19)15-24/h4-5,7,9,14,16,19-21,24H,1-3,6,8,10-13,15,17H2,(H,28,29). The lowest BCUT2D eigenvalue weighted by atomic mass is 9.80. The van der Waals surface area contributed by atoms with Crippen LogP contribution in [-0.4, -0.2) is 35.2 Å². The van der Waals surface area contributed by atoms with Crippen LogP contribution in [0.15, 0.2) is 36.4 Å². The lowest BCUT2D eigenvalue weighted by Crippen LogP contribution is -2.35. The van der Waals surface area contributed by atoms with Crippen molar-refractivity contribution in [3.05, 3.63) is 42.0 Å². The quantitative estimate of drug-likeness (QED) is 0.713. The van der Waals surface area contributed by atoms with Crippen molar-refractivity contribution in [2.75, 3.05) is 13.1 Å². The Bertz CT molecular complexity index is 902. The van der Waals surface area contributed by atoms with Crippen LogP contribution in [-0.2, 0) is 11.3 Å². The lowest BCUT2D eigenvalue weighted by molar-refractivity contribution is -0.143. The minimum Gasteiger partial charge on any atom is -0.490 e. The van der Waals surface area contributed by atoms with Crippen LogP contribution in [0.5, 0.6) is 5.75 Å². The van der Waals surface area contributed by atoms with Crippen molar-refractivity contribution in [1.82, 2.24) is 4.90 Å². The zero-order valence-electron chi connectivity index (χ0n) is 17.8. The topological polar surface area (TPSA) is 49.8 Å². The Labute approximate surface area is 179 Å². The summed E-state index contributed by atoms with van der Waals surface area (Å²) in [6.07, 6.45) is 9.94. The molecule has 2 aliphatic carbocycles. The maximum absolute atomic E-state index is 11.1. The molecule has 0 radical (unpaired) electrons. The van der Waals surface area contributed by atoms with Crippen LogP contribution in [0.4, 0.5) is 0 Å². The molecule has 0 spiro atoms. The van der Waals surface area contributed by atoms with Crippen LogP contribution < -0.4 is 4.74 Å². The van der Waals surface area contributed by atoms with Crippen LogP contribution in [0.25, 0.3) is 10.8 Å². The number of ether oxygens (including phenoxy) is 1. The van der Waals surface area contributed by atoms with E-state index < -0.39 is 5.97 Å². The smallest absolute Gasteiger partial charge is 0.306 e. The molecule has 5 rings (SSSR count). The second-order valence-electron chi connectivity index (χ2n) is 9.74. The predicted molar refractivity (Wildman–Crippen MR) is 119 cm³/mol. The van der Waals surface area contributed by atoms with E-state index in [0.717, 1.165) is 50.1 Å². The fraction of sp³-hybridized carbons (Fsp3) is 0.577. The second-order valence-corrected chi connectivity index (χ2v) is 9.74. The van der Waals surface area contributed by atoms with Crippen LogP contribution in [0, 0.1) is 17.8 Å². The van der Waals surface area contributed by atoms with E-state index in [2.05, 4.69) is 41.3 Å². The zero-order chi connectivity index (χ0) is 20.5. The van der Waals surface area contributed by atoms with E-state index in [1.807, 2.05) is 0 Å². The van der Waals surface area contributed by atoms with Gasteiger partial charge < -0.3 is 9.84 Å². The molecule has 1 heterocycles. The van der Waals surface area contributed by atoms with Gasteiger partial charge in [0, 0.05) is 6.54 Å². The molecule has 4 nitrogen and oxygen atoms in total. The SMILES string of the molecule is O=C(O)C1CCN(Cc2ccc3cc(OC4CCC5CCCC5C4)ccc3c2)CC1. The summed E-state index contributed by atoms with van der Waals surface area (Å²) in [5, 5.41) is 11.7. The number of piperidine rings is 1. The van der Waals surface area contributed by atoms with Crippen molar-refractivity contribution < 1.29 is 14.6 Å². The summed E-state index contributed by atoms with van der Waals surface area (Å²) in [7, 11) is 0. The molecule has 30 heavy (non-hydrogen) atoms. The molecule has 3 unspecified atom stereocenters. The van der Waals surface area contributed by atoms with Gasteiger partial charge in [-0.05, 0) is 91.6 Å². The summed E-state index contributed by atoms with van der Waals surface area (Å²) in [6.45, 7) is 2.63. The van der Waals surface area contributed by atoms with Crippen molar-refractivity contribution in [3.63, 3.8) is 0 Å². The van der Waals surface area contributed by atoms with Crippen molar-refractivity contribution in [3.8, 4) is 5.75 Å². The summed E-state index contributed by atoms with van der Waals surface area (Å²) in [6, 6.07) is 13.2. The van der Waals surface area contributed by atoms with Gasteiger partial charge in [-0.15, -0.1) is 0 Å². The molecule has 0 aromatic heterocycles. The van der Waals surface area contributed by atoms with Gasteiger partial charge in [0.05, 0.1) is 12.0 Å². The number of aliphatic carboxylic acids is 1. The third-order valence-electron chi connectivity index (χ3n) is 7.76. The van der Waals surface area contributed by atoms with Crippen molar-refractivity contribution in [2.24, 2.45) is 17.8 Å². The Morgan fingerprint density at radius 1 is 0.933 bits per heavy atom. The molecule has 1 saturated heterocycles. The van der Waals surface area contributed by atoms with Crippen LogP contribution in [0.1, 0.15) is 56.9 Å². The number of carbonyl (C=O) groups is 1. The normalized spacial score (nSPS) is 27.8. The lowest BCUT2D eigenvalue weighted by Gasteiger charge is -2.32. The van der Waals surface area contributed by atoms with Gasteiger partial charge in [-0.3, -0.25) is 9.69 Å². The zero-order valence-corrected chi connectivity index (χ0v) is 17.8. The number of hydrogen-bond donors (Lipinski definition) is 1. The van der Waals surface area contributed by atoms with Crippen molar-refractivity contribution in [1.29, 1.82) is 0 Å². The Kier molecular flexibility index (Phi) is 5.68. The molecule has 2 saturated carbocycles. The fourth-order valence-corrected chi connectivity index (χ4v) is 6.00. The maximum Gasteiger partial charge on any atom is 0.306 e. The second kappa shape index (κ2) is 8.58. The number of likely N-dealkylation sites (tertiary alicyclic amines) is 1. The van der Waals surface area contributed by atoms with Crippen LogP contribution in [0.3, 0.4) is 0 Å². The van der Waals surface area contributed by atoms with E-state index in [4.69, 9.17) is 9.84 Å². The number of fused-ring (bicyclic) bond motifs is 2. The van der Waals surface area contributed by atoms with E-state index in [9.17, 15) is 4.79 Å². The Hall–Kier alpha value is -2.07. The highest BCUT2D eigenvalue weighted by Gasteiger charge is 2.34. The van der Waals surface area contributed by atoms with Crippen LogP contribution >= 0.6 is 0 Å². The largest absolute Gasteiger partial charge is 0.490 e.